The second kappa shape index (κ2) is 4.77. The van der Waals surface area contributed by atoms with Crippen LogP contribution < -0.4 is 10.5 Å². The van der Waals surface area contributed by atoms with Crippen LogP contribution in [0.1, 0.15) is 22.7 Å². The Balaban J connectivity index is 2.27. The van der Waals surface area contributed by atoms with E-state index in [9.17, 15) is 18.4 Å². The van der Waals surface area contributed by atoms with Crippen LogP contribution in [-0.2, 0) is 6.18 Å². The highest BCUT2D eigenvalue weighted by Gasteiger charge is 2.44. The summed E-state index contributed by atoms with van der Waals surface area (Å²) >= 11 is 0. The van der Waals surface area contributed by atoms with E-state index in [4.69, 9.17) is 10.5 Å². The molecule has 0 spiro atoms. The maximum absolute atomic E-state index is 13.2. The SMILES string of the molecule is N#CC1=C(N)Oc2n[nH]c(C(F)(F)F)c2[C@H]1c1cccnc1. The number of pyridine rings is 1. The zero-order chi connectivity index (χ0) is 15.9. The van der Waals surface area contributed by atoms with Crippen LogP contribution in [0, 0.1) is 11.3 Å². The molecule has 3 N–H and O–H groups in total. The molecule has 0 saturated carbocycles. The molecule has 0 fully saturated rings. The van der Waals surface area contributed by atoms with Gasteiger partial charge >= 0.3 is 6.18 Å². The third kappa shape index (κ3) is 2.05. The van der Waals surface area contributed by atoms with E-state index in [1.165, 1.54) is 12.4 Å². The number of ether oxygens (including phenoxy) is 1. The number of hydrogen-bond donors (Lipinski definition) is 2. The van der Waals surface area contributed by atoms with Crippen molar-refractivity contribution in [2.45, 2.75) is 12.1 Å². The fraction of sp³-hybridized carbons (Fsp3) is 0.154. The average molecular weight is 307 g/mol. The van der Waals surface area contributed by atoms with Crippen molar-refractivity contribution in [1.29, 1.82) is 5.26 Å². The summed E-state index contributed by atoms with van der Waals surface area (Å²) in [5.41, 5.74) is 4.55. The molecular formula is C13H8F3N5O. The number of allylic oxidation sites excluding steroid dienone is 1. The van der Waals surface area contributed by atoms with Crippen molar-refractivity contribution in [1.82, 2.24) is 15.2 Å². The van der Waals surface area contributed by atoms with Crippen LogP contribution in [0.5, 0.6) is 5.88 Å². The van der Waals surface area contributed by atoms with E-state index in [0.29, 0.717) is 5.56 Å². The first-order chi connectivity index (χ1) is 10.4. The maximum Gasteiger partial charge on any atom is 0.433 e. The molecule has 0 bridgehead atoms. The molecule has 0 radical (unpaired) electrons. The lowest BCUT2D eigenvalue weighted by atomic mass is 9.85. The van der Waals surface area contributed by atoms with Gasteiger partial charge in [0.1, 0.15) is 17.3 Å². The Morgan fingerprint density at radius 1 is 1.41 bits per heavy atom. The van der Waals surface area contributed by atoms with Gasteiger partial charge in [0.2, 0.25) is 11.8 Å². The second-order valence-corrected chi connectivity index (χ2v) is 4.53. The first-order valence-corrected chi connectivity index (χ1v) is 6.06. The predicted molar refractivity (Wildman–Crippen MR) is 67.1 cm³/mol. The van der Waals surface area contributed by atoms with Gasteiger partial charge in [0, 0.05) is 12.4 Å². The summed E-state index contributed by atoms with van der Waals surface area (Å²) in [5, 5.41) is 14.7. The number of nitrogens with one attached hydrogen (secondary N) is 1. The summed E-state index contributed by atoms with van der Waals surface area (Å²) < 4.78 is 44.5. The first kappa shape index (κ1) is 13.9. The van der Waals surface area contributed by atoms with Gasteiger partial charge in [0.15, 0.2) is 0 Å². The molecule has 6 nitrogen and oxygen atoms in total. The molecule has 2 aromatic heterocycles. The zero-order valence-corrected chi connectivity index (χ0v) is 10.8. The van der Waals surface area contributed by atoms with Gasteiger partial charge in [-0.25, -0.2) is 0 Å². The van der Waals surface area contributed by atoms with Gasteiger partial charge in [-0.3, -0.25) is 10.1 Å². The van der Waals surface area contributed by atoms with E-state index in [1.807, 2.05) is 5.10 Å². The van der Waals surface area contributed by atoms with Crippen molar-refractivity contribution in [3.63, 3.8) is 0 Å². The van der Waals surface area contributed by atoms with Gasteiger partial charge < -0.3 is 10.5 Å². The average Bonchev–Trinajstić information content (AvgIpc) is 2.90. The predicted octanol–water partition coefficient (Wildman–Crippen LogP) is 2.04. The molecule has 3 rings (SSSR count). The molecular weight excluding hydrogens is 299 g/mol. The normalized spacial score (nSPS) is 17.6. The Morgan fingerprint density at radius 3 is 2.77 bits per heavy atom. The lowest BCUT2D eigenvalue weighted by Gasteiger charge is -2.24. The minimum absolute atomic E-state index is 0.118. The summed E-state index contributed by atoms with van der Waals surface area (Å²) in [7, 11) is 0. The van der Waals surface area contributed by atoms with Crippen LogP contribution in [0.4, 0.5) is 13.2 Å². The molecule has 1 atom stereocenters. The number of fused-ring (bicyclic) bond motifs is 1. The van der Waals surface area contributed by atoms with Crippen molar-refractivity contribution in [3.8, 4) is 11.9 Å². The summed E-state index contributed by atoms with van der Waals surface area (Å²) in [6.07, 6.45) is -1.82. The molecule has 0 aromatic carbocycles. The number of nitriles is 1. The van der Waals surface area contributed by atoms with Gasteiger partial charge in [0.05, 0.1) is 11.5 Å². The number of rotatable bonds is 1. The topological polar surface area (TPSA) is 101 Å². The van der Waals surface area contributed by atoms with Crippen molar-refractivity contribution in [2.75, 3.05) is 0 Å². The Hall–Kier alpha value is -3.02. The summed E-state index contributed by atoms with van der Waals surface area (Å²) in [4.78, 5) is 3.88. The highest BCUT2D eigenvalue weighted by molar-refractivity contribution is 5.55. The number of hydrogen-bond acceptors (Lipinski definition) is 5. The molecule has 112 valence electrons. The third-order valence-electron chi connectivity index (χ3n) is 3.24. The van der Waals surface area contributed by atoms with E-state index in [-0.39, 0.29) is 22.9 Å². The van der Waals surface area contributed by atoms with E-state index in [0.717, 1.165) is 0 Å². The van der Waals surface area contributed by atoms with Crippen LogP contribution in [0.15, 0.2) is 36.0 Å². The summed E-state index contributed by atoms with van der Waals surface area (Å²) in [5.74, 6) is -1.61. The van der Waals surface area contributed by atoms with Crippen molar-refractivity contribution in [3.05, 3.63) is 52.8 Å². The number of alkyl halides is 3. The number of aromatic nitrogens is 3. The molecule has 1 aliphatic heterocycles. The van der Waals surface area contributed by atoms with Gasteiger partial charge in [-0.2, -0.15) is 18.4 Å². The highest BCUT2D eigenvalue weighted by atomic mass is 19.4. The highest BCUT2D eigenvalue weighted by Crippen LogP contribution is 2.46. The fourth-order valence-corrected chi connectivity index (χ4v) is 2.34. The quantitative estimate of drug-likeness (QED) is 0.839. The van der Waals surface area contributed by atoms with Crippen LogP contribution in [0.2, 0.25) is 0 Å². The molecule has 0 unspecified atom stereocenters. The fourth-order valence-electron chi connectivity index (χ4n) is 2.34. The minimum atomic E-state index is -4.67. The van der Waals surface area contributed by atoms with Crippen molar-refractivity contribution in [2.24, 2.45) is 5.73 Å². The Morgan fingerprint density at radius 2 is 2.18 bits per heavy atom. The smallest absolute Gasteiger partial charge is 0.420 e. The second-order valence-electron chi connectivity index (χ2n) is 4.53. The molecule has 22 heavy (non-hydrogen) atoms. The lowest BCUT2D eigenvalue weighted by molar-refractivity contribution is -0.141. The number of aromatic amines is 1. The van der Waals surface area contributed by atoms with Crippen LogP contribution in [0.25, 0.3) is 0 Å². The molecule has 2 aromatic rings. The van der Waals surface area contributed by atoms with Gasteiger partial charge in [-0.1, -0.05) is 6.07 Å². The van der Waals surface area contributed by atoms with Gasteiger partial charge in [-0.15, -0.1) is 5.10 Å². The summed E-state index contributed by atoms with van der Waals surface area (Å²) in [6.45, 7) is 0. The number of nitrogens with zero attached hydrogens (tertiary/aromatic N) is 3. The monoisotopic (exact) mass is 307 g/mol. The minimum Gasteiger partial charge on any atom is -0.420 e. The lowest BCUT2D eigenvalue weighted by Crippen LogP contribution is -2.22. The van der Waals surface area contributed by atoms with Crippen molar-refractivity contribution < 1.29 is 17.9 Å². The zero-order valence-electron chi connectivity index (χ0n) is 10.8. The van der Waals surface area contributed by atoms with Crippen LogP contribution >= 0.6 is 0 Å². The van der Waals surface area contributed by atoms with E-state index < -0.39 is 17.8 Å². The standard InChI is InChI=1S/C13H8F3N5O/c14-13(15,16)10-9-8(6-2-1-3-19-5-6)7(4-17)11(18)22-12(9)21-20-10/h1-3,5,8H,18H2,(H,20,21)/t8-/m0/s1. The van der Waals surface area contributed by atoms with E-state index in [2.05, 4.69) is 10.1 Å². The molecule has 0 amide bonds. The molecule has 0 aliphatic carbocycles. The molecule has 1 aliphatic rings. The van der Waals surface area contributed by atoms with Gasteiger partial charge in [-0.05, 0) is 11.6 Å². The third-order valence-corrected chi connectivity index (χ3v) is 3.24. The Kier molecular flexibility index (Phi) is 3.02. The van der Waals surface area contributed by atoms with E-state index in [1.54, 1.807) is 18.2 Å². The van der Waals surface area contributed by atoms with E-state index >= 15 is 0 Å². The molecule has 3 heterocycles. The van der Waals surface area contributed by atoms with Crippen LogP contribution in [0.3, 0.4) is 0 Å². The summed E-state index contributed by atoms with van der Waals surface area (Å²) in [6, 6.07) is 4.92. The van der Waals surface area contributed by atoms with Gasteiger partial charge in [0.25, 0.3) is 0 Å². The first-order valence-electron chi connectivity index (χ1n) is 6.06. The number of nitrogens with two attached hydrogens (primary N) is 1. The Bertz CT molecular complexity index is 788. The Labute approximate surface area is 122 Å². The number of halogens is 3. The van der Waals surface area contributed by atoms with Crippen LogP contribution in [-0.4, -0.2) is 15.2 Å². The molecule has 0 saturated heterocycles. The number of H-pyrrole nitrogens is 1. The maximum atomic E-state index is 13.2. The molecule has 9 heteroatoms. The van der Waals surface area contributed by atoms with Crippen molar-refractivity contribution >= 4 is 0 Å². The largest absolute Gasteiger partial charge is 0.433 e.